The number of fused-ring (bicyclic) bond motifs is 2. The number of aromatic nitrogens is 2. The van der Waals surface area contributed by atoms with E-state index < -0.39 is 5.82 Å². The maximum atomic E-state index is 15.3. The Morgan fingerprint density at radius 1 is 1.21 bits per heavy atom. The number of rotatable bonds is 2. The van der Waals surface area contributed by atoms with Gasteiger partial charge in [0, 0.05) is 12.6 Å². The van der Waals surface area contributed by atoms with Crippen LogP contribution in [0.1, 0.15) is 31.2 Å². The van der Waals surface area contributed by atoms with E-state index in [1.165, 1.54) is 4.57 Å². The highest BCUT2D eigenvalue weighted by Gasteiger charge is 2.31. The van der Waals surface area contributed by atoms with E-state index in [2.05, 4.69) is 9.88 Å². The molecule has 3 aromatic rings. The van der Waals surface area contributed by atoms with Gasteiger partial charge in [-0.1, -0.05) is 54.8 Å². The van der Waals surface area contributed by atoms with E-state index in [9.17, 15) is 4.79 Å². The lowest BCUT2D eigenvalue weighted by atomic mass is 10.1. The van der Waals surface area contributed by atoms with Gasteiger partial charge in [-0.2, -0.15) is 4.98 Å². The molecule has 0 saturated carbocycles. The lowest BCUT2D eigenvalue weighted by molar-refractivity contribution is 0.275. The summed E-state index contributed by atoms with van der Waals surface area (Å²) in [5, 5.41) is 0.259. The van der Waals surface area contributed by atoms with E-state index in [1.807, 2.05) is 30.3 Å². The van der Waals surface area contributed by atoms with Gasteiger partial charge in [-0.25, -0.2) is 4.39 Å². The van der Waals surface area contributed by atoms with Crippen molar-refractivity contribution in [2.75, 3.05) is 18.1 Å². The van der Waals surface area contributed by atoms with Crippen molar-refractivity contribution in [2.45, 2.75) is 38.3 Å². The molecular formula is C22H21ClFN3O2. The Morgan fingerprint density at radius 2 is 2.03 bits per heavy atom. The van der Waals surface area contributed by atoms with Crippen molar-refractivity contribution in [1.82, 2.24) is 9.55 Å². The van der Waals surface area contributed by atoms with Crippen LogP contribution in [-0.4, -0.2) is 28.7 Å². The van der Waals surface area contributed by atoms with Crippen LogP contribution in [0.4, 0.5) is 10.1 Å². The Kier molecular flexibility index (Phi) is 4.66. The number of anilines is 1. The molecule has 0 spiro atoms. The molecule has 1 saturated heterocycles. The molecule has 2 aliphatic heterocycles. The maximum Gasteiger partial charge on any atom is 0.253 e. The molecule has 0 radical (unpaired) electrons. The topological polar surface area (TPSA) is 47.4 Å². The average Bonchev–Trinajstić information content (AvgIpc) is 3.03. The minimum absolute atomic E-state index is 0.140. The molecule has 5 nitrogen and oxygen atoms in total. The standard InChI is InChI=1S/C22H21ClFN3O2/c23-21-19(24)20-18-16(11-17(28)27(20)12-14-7-3-1-4-8-14)26-10-6-2-5-9-15(26)13-29-22(18)25-21/h1,3-4,7-8,11,15H,2,5-6,9-10,12-13H2. The molecule has 150 valence electrons. The van der Waals surface area contributed by atoms with Gasteiger partial charge >= 0.3 is 0 Å². The number of benzene rings is 1. The van der Waals surface area contributed by atoms with Gasteiger partial charge in [0.1, 0.15) is 6.61 Å². The maximum absolute atomic E-state index is 15.3. The minimum atomic E-state index is -0.683. The summed E-state index contributed by atoms with van der Waals surface area (Å²) in [4.78, 5) is 19.5. The molecule has 0 aliphatic carbocycles. The van der Waals surface area contributed by atoms with Gasteiger partial charge in [-0.3, -0.25) is 4.79 Å². The van der Waals surface area contributed by atoms with Gasteiger partial charge in [0.25, 0.3) is 5.56 Å². The van der Waals surface area contributed by atoms with Crippen LogP contribution in [0.15, 0.2) is 41.2 Å². The van der Waals surface area contributed by atoms with E-state index in [4.69, 9.17) is 16.3 Å². The van der Waals surface area contributed by atoms with Gasteiger partial charge in [-0.05, 0) is 18.4 Å². The molecule has 0 bridgehead atoms. The van der Waals surface area contributed by atoms with Crippen molar-refractivity contribution < 1.29 is 9.13 Å². The van der Waals surface area contributed by atoms with Crippen molar-refractivity contribution >= 4 is 28.2 Å². The number of hydrogen-bond acceptors (Lipinski definition) is 4. The number of halogens is 2. The quantitative estimate of drug-likeness (QED) is 0.585. The third kappa shape index (κ3) is 3.15. The Balaban J connectivity index is 1.79. The molecule has 0 amide bonds. The molecule has 1 atom stereocenters. The highest BCUT2D eigenvalue weighted by Crippen LogP contribution is 2.40. The van der Waals surface area contributed by atoms with Gasteiger partial charge in [0.2, 0.25) is 5.88 Å². The molecule has 2 aromatic heterocycles. The molecule has 5 rings (SSSR count). The monoisotopic (exact) mass is 413 g/mol. The van der Waals surface area contributed by atoms with E-state index in [1.54, 1.807) is 6.07 Å². The normalized spacial score (nSPS) is 18.7. The van der Waals surface area contributed by atoms with Crippen LogP contribution < -0.4 is 15.2 Å². The molecule has 29 heavy (non-hydrogen) atoms. The number of hydrogen-bond donors (Lipinski definition) is 0. The third-order valence-electron chi connectivity index (χ3n) is 5.87. The van der Waals surface area contributed by atoms with Crippen LogP contribution in [-0.2, 0) is 6.54 Å². The summed E-state index contributed by atoms with van der Waals surface area (Å²) in [5.41, 5.74) is 1.52. The Bertz CT molecular complexity index is 1130. The molecule has 2 aliphatic rings. The van der Waals surface area contributed by atoms with Crippen molar-refractivity contribution in [3.05, 3.63) is 63.3 Å². The average molecular weight is 414 g/mol. The number of ether oxygens (including phenoxy) is 1. The Hall–Kier alpha value is -2.60. The van der Waals surface area contributed by atoms with Crippen molar-refractivity contribution in [3.63, 3.8) is 0 Å². The highest BCUT2D eigenvalue weighted by molar-refractivity contribution is 6.30. The van der Waals surface area contributed by atoms with Gasteiger partial charge < -0.3 is 14.2 Å². The smallest absolute Gasteiger partial charge is 0.253 e. The molecule has 1 aromatic carbocycles. The van der Waals surface area contributed by atoms with Crippen molar-refractivity contribution in [1.29, 1.82) is 0 Å². The highest BCUT2D eigenvalue weighted by atomic mass is 35.5. The van der Waals surface area contributed by atoms with Crippen LogP contribution in [0.2, 0.25) is 5.15 Å². The second-order valence-corrected chi connectivity index (χ2v) is 8.05. The Morgan fingerprint density at radius 3 is 2.86 bits per heavy atom. The van der Waals surface area contributed by atoms with Crippen LogP contribution >= 0.6 is 11.6 Å². The first kappa shape index (κ1) is 18.4. The fraction of sp³-hybridized carbons (Fsp3) is 0.364. The molecule has 1 fully saturated rings. The molecule has 7 heteroatoms. The summed E-state index contributed by atoms with van der Waals surface area (Å²) in [6.07, 6.45) is 4.25. The third-order valence-corrected chi connectivity index (χ3v) is 6.12. The number of nitrogens with zero attached hydrogens (tertiary/aromatic N) is 3. The lowest BCUT2D eigenvalue weighted by Gasteiger charge is -2.30. The fourth-order valence-corrected chi connectivity index (χ4v) is 4.63. The molecule has 4 heterocycles. The van der Waals surface area contributed by atoms with Gasteiger partial charge in [0.05, 0.1) is 29.2 Å². The van der Waals surface area contributed by atoms with Crippen molar-refractivity contribution in [3.8, 4) is 5.88 Å². The van der Waals surface area contributed by atoms with Crippen LogP contribution in [0.25, 0.3) is 10.9 Å². The van der Waals surface area contributed by atoms with E-state index in [0.717, 1.165) is 37.8 Å². The van der Waals surface area contributed by atoms with E-state index in [0.29, 0.717) is 23.6 Å². The predicted molar refractivity (Wildman–Crippen MR) is 112 cm³/mol. The lowest BCUT2D eigenvalue weighted by Crippen LogP contribution is -2.39. The minimum Gasteiger partial charge on any atom is -0.475 e. The van der Waals surface area contributed by atoms with Crippen LogP contribution in [0.5, 0.6) is 5.88 Å². The summed E-state index contributed by atoms with van der Waals surface area (Å²) >= 11 is 6.11. The van der Waals surface area contributed by atoms with Crippen molar-refractivity contribution in [2.24, 2.45) is 0 Å². The predicted octanol–water partition coefficient (Wildman–Crippen LogP) is 4.38. The van der Waals surface area contributed by atoms with E-state index in [-0.39, 0.29) is 28.8 Å². The van der Waals surface area contributed by atoms with Crippen LogP contribution in [0.3, 0.4) is 0 Å². The Labute approximate surface area is 172 Å². The first-order chi connectivity index (χ1) is 14.1. The molecular weight excluding hydrogens is 393 g/mol. The van der Waals surface area contributed by atoms with E-state index >= 15 is 4.39 Å². The zero-order valence-electron chi connectivity index (χ0n) is 15.9. The van der Waals surface area contributed by atoms with Gasteiger partial charge in [-0.15, -0.1) is 0 Å². The van der Waals surface area contributed by atoms with Gasteiger partial charge in [0.15, 0.2) is 11.0 Å². The second-order valence-electron chi connectivity index (χ2n) is 7.69. The summed E-state index contributed by atoms with van der Waals surface area (Å²) < 4.78 is 22.7. The van der Waals surface area contributed by atoms with Crippen LogP contribution in [0, 0.1) is 5.82 Å². The second kappa shape index (κ2) is 7.34. The zero-order valence-corrected chi connectivity index (χ0v) is 16.7. The first-order valence-corrected chi connectivity index (χ1v) is 10.4. The molecule has 1 unspecified atom stereocenters. The summed E-state index contributed by atoms with van der Waals surface area (Å²) in [6, 6.07) is 11.3. The number of pyridine rings is 2. The zero-order chi connectivity index (χ0) is 20.0. The summed E-state index contributed by atoms with van der Waals surface area (Å²) in [5.74, 6) is -0.381. The first-order valence-electron chi connectivity index (χ1n) is 9.99. The summed E-state index contributed by atoms with van der Waals surface area (Å²) in [7, 11) is 0. The fourth-order valence-electron chi connectivity index (χ4n) is 4.46. The summed E-state index contributed by atoms with van der Waals surface area (Å²) in [6.45, 7) is 1.51. The SMILES string of the molecule is O=c1cc2c3c(nc(Cl)c(F)c3n1Cc1ccccc1)OCC1CCCCCN21. The molecule has 0 N–H and O–H groups in total. The largest absolute Gasteiger partial charge is 0.475 e.